The fourth-order valence-corrected chi connectivity index (χ4v) is 3.50. The van der Waals surface area contributed by atoms with Crippen molar-refractivity contribution in [1.82, 2.24) is 9.80 Å². The van der Waals surface area contributed by atoms with Crippen molar-refractivity contribution < 1.29 is 28.9 Å². The molecule has 2 aromatic carbocycles. The Morgan fingerprint density at radius 1 is 1.16 bits per heavy atom. The predicted molar refractivity (Wildman–Crippen MR) is 113 cm³/mol. The van der Waals surface area contributed by atoms with Crippen molar-refractivity contribution in [3.8, 4) is 11.5 Å². The molecule has 0 aliphatic carbocycles. The van der Waals surface area contributed by atoms with E-state index in [9.17, 15) is 24.2 Å². The molecule has 1 heterocycles. The van der Waals surface area contributed by atoms with Crippen molar-refractivity contribution in [2.75, 3.05) is 33.8 Å². The highest BCUT2D eigenvalue weighted by atomic mass is 19.1. The lowest BCUT2D eigenvalue weighted by Gasteiger charge is -2.27. The van der Waals surface area contributed by atoms with E-state index in [4.69, 9.17) is 4.74 Å². The van der Waals surface area contributed by atoms with E-state index in [0.29, 0.717) is 18.7 Å². The zero-order valence-electron chi connectivity index (χ0n) is 17.6. The minimum atomic E-state index is -0.884. The second-order valence-electron chi connectivity index (χ2n) is 7.46. The van der Waals surface area contributed by atoms with E-state index in [1.807, 2.05) is 19.0 Å². The number of hydrogen-bond acceptors (Lipinski definition) is 6. The van der Waals surface area contributed by atoms with Gasteiger partial charge in [0, 0.05) is 18.7 Å². The van der Waals surface area contributed by atoms with Gasteiger partial charge in [-0.15, -0.1) is 0 Å². The van der Waals surface area contributed by atoms with Crippen molar-refractivity contribution in [3.63, 3.8) is 0 Å². The van der Waals surface area contributed by atoms with Crippen LogP contribution in [0.2, 0.25) is 0 Å². The molecule has 1 aliphatic heterocycles. The third kappa shape index (κ3) is 4.54. The Kier molecular flexibility index (Phi) is 6.60. The largest absolute Gasteiger partial charge is 0.507 e. The molecule has 2 aromatic rings. The molecular formula is C23H25FN2O5. The van der Waals surface area contributed by atoms with E-state index in [2.05, 4.69) is 0 Å². The van der Waals surface area contributed by atoms with Gasteiger partial charge in [0.15, 0.2) is 11.5 Å². The maximum atomic E-state index is 13.3. The number of amides is 1. The zero-order chi connectivity index (χ0) is 22.7. The lowest BCUT2D eigenvalue weighted by Crippen LogP contribution is -2.35. The van der Waals surface area contributed by atoms with Gasteiger partial charge in [0.2, 0.25) is 0 Å². The average molecular weight is 428 g/mol. The number of aromatic hydroxyl groups is 1. The molecule has 0 spiro atoms. The summed E-state index contributed by atoms with van der Waals surface area (Å²) in [6.07, 6.45) is 0. The molecule has 8 heteroatoms. The maximum absolute atomic E-state index is 13.3. The maximum Gasteiger partial charge on any atom is 0.295 e. The number of ketones is 1. The van der Waals surface area contributed by atoms with Gasteiger partial charge in [-0.1, -0.05) is 6.07 Å². The van der Waals surface area contributed by atoms with Crippen LogP contribution in [0, 0.1) is 5.82 Å². The quantitative estimate of drug-likeness (QED) is 0.400. The van der Waals surface area contributed by atoms with Gasteiger partial charge in [-0.3, -0.25) is 9.59 Å². The van der Waals surface area contributed by atoms with Crippen molar-refractivity contribution >= 4 is 17.4 Å². The Balaban J connectivity index is 2.17. The molecule has 0 saturated carbocycles. The number of aliphatic hydroxyl groups excluding tert-OH is 1. The highest BCUT2D eigenvalue weighted by Crippen LogP contribution is 2.41. The number of rotatable bonds is 7. The van der Waals surface area contributed by atoms with Gasteiger partial charge in [-0.2, -0.15) is 0 Å². The van der Waals surface area contributed by atoms with Crippen LogP contribution in [0.3, 0.4) is 0 Å². The van der Waals surface area contributed by atoms with Crippen LogP contribution in [0.15, 0.2) is 48.0 Å². The molecule has 1 amide bonds. The van der Waals surface area contributed by atoms with Crippen LogP contribution in [-0.4, -0.2) is 65.5 Å². The second kappa shape index (κ2) is 9.18. The third-order valence-corrected chi connectivity index (χ3v) is 5.05. The number of likely N-dealkylation sites (N-methyl/N-ethyl adjacent to an activating group) is 1. The molecule has 0 radical (unpaired) electrons. The summed E-state index contributed by atoms with van der Waals surface area (Å²) in [4.78, 5) is 29.0. The minimum Gasteiger partial charge on any atom is -0.507 e. The first-order valence-electron chi connectivity index (χ1n) is 9.89. The van der Waals surface area contributed by atoms with Crippen LogP contribution in [-0.2, 0) is 9.59 Å². The third-order valence-electron chi connectivity index (χ3n) is 5.05. The van der Waals surface area contributed by atoms with E-state index in [1.54, 1.807) is 19.1 Å². The smallest absolute Gasteiger partial charge is 0.295 e. The molecule has 164 valence electrons. The first kappa shape index (κ1) is 22.3. The number of aliphatic hydroxyl groups is 1. The molecule has 1 saturated heterocycles. The number of hydrogen-bond donors (Lipinski definition) is 2. The number of nitrogens with zero attached hydrogens (tertiary/aromatic N) is 2. The zero-order valence-corrected chi connectivity index (χ0v) is 17.6. The number of ether oxygens (including phenoxy) is 1. The summed E-state index contributed by atoms with van der Waals surface area (Å²) in [6, 6.07) is 8.69. The van der Waals surface area contributed by atoms with Gasteiger partial charge >= 0.3 is 0 Å². The van der Waals surface area contributed by atoms with Crippen LogP contribution in [0.1, 0.15) is 24.1 Å². The van der Waals surface area contributed by atoms with Crippen molar-refractivity contribution in [2.45, 2.75) is 13.0 Å². The van der Waals surface area contributed by atoms with Gasteiger partial charge in [0.05, 0.1) is 18.2 Å². The number of Topliss-reactive ketones (excluding diaryl/α,β-unsaturated/α-hetero) is 1. The summed E-state index contributed by atoms with van der Waals surface area (Å²) in [5.74, 6) is -2.30. The van der Waals surface area contributed by atoms with E-state index in [0.717, 1.165) is 0 Å². The molecule has 1 unspecified atom stereocenters. The first-order valence-corrected chi connectivity index (χ1v) is 9.89. The van der Waals surface area contributed by atoms with Crippen molar-refractivity contribution in [1.29, 1.82) is 0 Å². The van der Waals surface area contributed by atoms with Crippen LogP contribution in [0.4, 0.5) is 4.39 Å². The summed E-state index contributed by atoms with van der Waals surface area (Å²) in [7, 11) is 3.69. The highest BCUT2D eigenvalue weighted by Gasteiger charge is 2.46. The SMILES string of the molecule is CCOc1cc(C2/C(=C(\O)c3ccc(F)cc3)C(=O)C(=O)N2CCN(C)C)ccc1O. The van der Waals surface area contributed by atoms with Gasteiger partial charge in [-0.05, 0) is 63.0 Å². The average Bonchev–Trinajstić information content (AvgIpc) is 2.98. The van der Waals surface area contributed by atoms with Crippen LogP contribution < -0.4 is 4.74 Å². The summed E-state index contributed by atoms with van der Waals surface area (Å²) >= 11 is 0. The standard InChI is InChI=1S/C23H25FN2O5/c1-4-31-18-13-15(7-10-17(18)27)20-19(21(28)14-5-8-16(24)9-6-14)22(29)23(30)26(20)12-11-25(2)3/h5-10,13,20,27-28H,4,11-12H2,1-3H3/b21-19+. The number of benzene rings is 2. The topological polar surface area (TPSA) is 90.3 Å². The van der Waals surface area contributed by atoms with Gasteiger partial charge < -0.3 is 24.7 Å². The normalized spacial score (nSPS) is 18.1. The molecule has 0 aromatic heterocycles. The number of halogens is 1. The Hall–Kier alpha value is -3.39. The molecule has 1 atom stereocenters. The van der Waals surface area contributed by atoms with Crippen molar-refractivity contribution in [3.05, 3.63) is 65.0 Å². The number of carbonyl (C=O) groups is 2. The molecule has 3 rings (SSSR count). The lowest BCUT2D eigenvalue weighted by molar-refractivity contribution is -0.140. The monoisotopic (exact) mass is 428 g/mol. The van der Waals surface area contributed by atoms with Crippen LogP contribution in [0.5, 0.6) is 11.5 Å². The molecule has 31 heavy (non-hydrogen) atoms. The fraction of sp³-hybridized carbons (Fsp3) is 0.304. The summed E-state index contributed by atoms with van der Waals surface area (Å²) in [6.45, 7) is 2.82. The Morgan fingerprint density at radius 3 is 2.45 bits per heavy atom. The summed E-state index contributed by atoms with van der Waals surface area (Å²) < 4.78 is 18.8. The number of likely N-dealkylation sites (tertiary alicyclic amines) is 1. The lowest BCUT2D eigenvalue weighted by atomic mass is 9.95. The predicted octanol–water partition coefficient (Wildman–Crippen LogP) is 2.91. The van der Waals surface area contributed by atoms with E-state index in [1.165, 1.54) is 35.2 Å². The summed E-state index contributed by atoms with van der Waals surface area (Å²) in [5.41, 5.74) is 0.632. The van der Waals surface area contributed by atoms with Crippen LogP contribution in [0.25, 0.3) is 5.76 Å². The van der Waals surface area contributed by atoms with E-state index in [-0.39, 0.29) is 34.9 Å². The molecule has 1 aliphatic rings. The first-order chi connectivity index (χ1) is 14.7. The minimum absolute atomic E-state index is 0.0747. The molecule has 1 fully saturated rings. The van der Waals surface area contributed by atoms with Gasteiger partial charge in [0.25, 0.3) is 11.7 Å². The molecule has 2 N–H and O–H groups in total. The Labute approximate surface area is 180 Å². The van der Waals surface area contributed by atoms with Crippen molar-refractivity contribution in [2.24, 2.45) is 0 Å². The number of carbonyl (C=O) groups excluding carboxylic acids is 2. The van der Waals surface area contributed by atoms with E-state index >= 15 is 0 Å². The molecular weight excluding hydrogens is 403 g/mol. The molecule has 0 bridgehead atoms. The number of phenols is 1. The van der Waals surface area contributed by atoms with Gasteiger partial charge in [0.1, 0.15) is 11.6 Å². The van der Waals surface area contributed by atoms with E-state index < -0.39 is 23.5 Å². The second-order valence-corrected chi connectivity index (χ2v) is 7.46. The Bertz CT molecular complexity index is 1020. The Morgan fingerprint density at radius 2 is 1.84 bits per heavy atom. The number of phenolic OH excluding ortho intramolecular Hbond substituents is 1. The molecule has 7 nitrogen and oxygen atoms in total. The highest BCUT2D eigenvalue weighted by molar-refractivity contribution is 6.46. The summed E-state index contributed by atoms with van der Waals surface area (Å²) in [5, 5.41) is 21.0. The van der Waals surface area contributed by atoms with Crippen LogP contribution >= 0.6 is 0 Å². The van der Waals surface area contributed by atoms with Gasteiger partial charge in [-0.25, -0.2) is 4.39 Å². The fourth-order valence-electron chi connectivity index (χ4n) is 3.50.